The molecule has 0 aliphatic carbocycles. The number of hydrogen-bond acceptors (Lipinski definition) is 2. The zero-order chi connectivity index (χ0) is 20.7. The molecule has 3 aromatic carbocycles. The summed E-state index contributed by atoms with van der Waals surface area (Å²) in [4.78, 5) is 16.3. The maximum Gasteiger partial charge on any atom is 0.196 e. The van der Waals surface area contributed by atoms with Crippen LogP contribution in [0.25, 0.3) is 21.7 Å². The largest absolute Gasteiger partial charge is 0.345 e. The molecule has 1 saturated heterocycles. The first-order chi connectivity index (χ1) is 14.6. The lowest BCUT2D eigenvalue weighted by molar-refractivity contribution is 0.104. The molecule has 1 aromatic heterocycles. The highest BCUT2D eigenvalue weighted by Crippen LogP contribution is 2.30. The number of nitrogens with zero attached hydrogens (tertiary/aromatic N) is 2. The van der Waals surface area contributed by atoms with Gasteiger partial charge >= 0.3 is 0 Å². The van der Waals surface area contributed by atoms with Gasteiger partial charge in [0.05, 0.1) is 0 Å². The van der Waals surface area contributed by atoms with Gasteiger partial charge in [-0.1, -0.05) is 61.0 Å². The van der Waals surface area contributed by atoms with Crippen LogP contribution in [-0.4, -0.2) is 34.9 Å². The van der Waals surface area contributed by atoms with Gasteiger partial charge < -0.3 is 9.47 Å². The highest BCUT2D eigenvalue weighted by molar-refractivity contribution is 6.22. The number of carbonyl (C=O) groups excluding carboxylic acids is 1. The molecule has 1 atom stereocenters. The number of para-hydroxylation sites is 1. The van der Waals surface area contributed by atoms with E-state index in [2.05, 4.69) is 65.2 Å². The van der Waals surface area contributed by atoms with Gasteiger partial charge in [-0.15, -0.1) is 0 Å². The number of benzene rings is 3. The lowest BCUT2D eigenvalue weighted by Crippen LogP contribution is -2.39. The van der Waals surface area contributed by atoms with Gasteiger partial charge in [0.15, 0.2) is 5.78 Å². The second-order valence-corrected chi connectivity index (χ2v) is 8.65. The monoisotopic (exact) mass is 396 g/mol. The van der Waals surface area contributed by atoms with Crippen LogP contribution in [0.2, 0.25) is 0 Å². The predicted octanol–water partition coefficient (Wildman–Crippen LogP) is 5.82. The first-order valence-electron chi connectivity index (χ1n) is 10.9. The molecule has 0 spiro atoms. The Morgan fingerprint density at radius 1 is 0.967 bits per heavy atom. The lowest BCUT2D eigenvalue weighted by atomic mass is 9.93. The SMILES string of the molecule is Cc1ccc2ccccc2c1C(=O)c1cn(CC2CCCCN2C)c2ccccc12. The van der Waals surface area contributed by atoms with Crippen molar-refractivity contribution in [3.8, 4) is 0 Å². The minimum Gasteiger partial charge on any atom is -0.345 e. The molecule has 0 saturated carbocycles. The van der Waals surface area contributed by atoms with Gasteiger partial charge in [0.25, 0.3) is 0 Å². The van der Waals surface area contributed by atoms with Crippen molar-refractivity contribution in [3.63, 3.8) is 0 Å². The molecule has 5 rings (SSSR count). The molecule has 0 amide bonds. The summed E-state index contributed by atoms with van der Waals surface area (Å²) in [5, 5.41) is 3.19. The zero-order valence-electron chi connectivity index (χ0n) is 17.8. The molecule has 1 aliphatic rings. The highest BCUT2D eigenvalue weighted by Gasteiger charge is 2.23. The van der Waals surface area contributed by atoms with E-state index in [0.717, 1.165) is 51.5 Å². The number of ketones is 1. The summed E-state index contributed by atoms with van der Waals surface area (Å²) in [5.41, 5.74) is 3.81. The van der Waals surface area contributed by atoms with E-state index in [4.69, 9.17) is 0 Å². The summed E-state index contributed by atoms with van der Waals surface area (Å²) >= 11 is 0. The lowest BCUT2D eigenvalue weighted by Gasteiger charge is -2.32. The topological polar surface area (TPSA) is 25.2 Å². The average molecular weight is 397 g/mol. The van der Waals surface area contributed by atoms with Crippen LogP contribution in [0.5, 0.6) is 0 Å². The smallest absolute Gasteiger partial charge is 0.196 e. The van der Waals surface area contributed by atoms with Crippen LogP contribution in [0.15, 0.2) is 66.9 Å². The fourth-order valence-corrected chi connectivity index (χ4v) is 5.00. The van der Waals surface area contributed by atoms with Gasteiger partial charge in [-0.2, -0.15) is 0 Å². The van der Waals surface area contributed by atoms with E-state index in [1.807, 2.05) is 25.1 Å². The molecule has 1 fully saturated rings. The number of likely N-dealkylation sites (N-methyl/N-ethyl adjacent to an activating group) is 1. The molecule has 0 bridgehead atoms. The van der Waals surface area contributed by atoms with E-state index < -0.39 is 0 Å². The van der Waals surface area contributed by atoms with E-state index in [1.165, 1.54) is 19.3 Å². The van der Waals surface area contributed by atoms with E-state index in [-0.39, 0.29) is 5.78 Å². The number of aryl methyl sites for hydroxylation is 1. The Balaban J connectivity index is 1.62. The van der Waals surface area contributed by atoms with Crippen LogP contribution >= 0.6 is 0 Å². The fourth-order valence-electron chi connectivity index (χ4n) is 5.00. The molecule has 30 heavy (non-hydrogen) atoms. The molecule has 0 N–H and O–H groups in total. The van der Waals surface area contributed by atoms with Crippen LogP contribution in [0.4, 0.5) is 0 Å². The molecule has 0 radical (unpaired) electrons. The fraction of sp³-hybridized carbons (Fsp3) is 0.296. The maximum absolute atomic E-state index is 13.8. The first kappa shape index (κ1) is 19.1. The number of carbonyl (C=O) groups is 1. The Kier molecular flexibility index (Phi) is 4.92. The average Bonchev–Trinajstić information content (AvgIpc) is 3.13. The summed E-state index contributed by atoms with van der Waals surface area (Å²) in [6, 6.07) is 21.2. The standard InChI is InChI=1S/C27H28N2O/c1-19-14-15-20-9-3-4-11-22(20)26(19)27(30)24-18-29(25-13-6-5-12-23(24)25)17-21-10-7-8-16-28(21)2/h3-6,9,11-15,18,21H,7-8,10,16-17H2,1-2H3. The van der Waals surface area contributed by atoms with Crippen molar-refractivity contribution < 1.29 is 4.79 Å². The molecule has 152 valence electrons. The van der Waals surface area contributed by atoms with Gasteiger partial charge in [-0.05, 0) is 55.8 Å². The Labute approximate surface area is 177 Å². The first-order valence-corrected chi connectivity index (χ1v) is 10.9. The number of fused-ring (bicyclic) bond motifs is 2. The van der Waals surface area contributed by atoms with Crippen molar-refractivity contribution in [2.75, 3.05) is 13.6 Å². The van der Waals surface area contributed by atoms with Crippen LogP contribution in [-0.2, 0) is 6.54 Å². The molecule has 2 heterocycles. The summed E-state index contributed by atoms with van der Waals surface area (Å²) in [5.74, 6) is 0.122. The number of aromatic nitrogens is 1. The summed E-state index contributed by atoms with van der Waals surface area (Å²) in [6.45, 7) is 4.12. The third kappa shape index (κ3) is 3.23. The Bertz CT molecular complexity index is 1240. The second kappa shape index (κ2) is 7.73. The number of likely N-dealkylation sites (tertiary alicyclic amines) is 1. The molecule has 1 unspecified atom stereocenters. The Hall–Kier alpha value is -2.91. The summed E-state index contributed by atoms with van der Waals surface area (Å²) in [7, 11) is 2.22. The zero-order valence-corrected chi connectivity index (χ0v) is 17.8. The summed E-state index contributed by atoms with van der Waals surface area (Å²) in [6.07, 6.45) is 5.88. The Morgan fingerprint density at radius 3 is 2.57 bits per heavy atom. The molecule has 3 nitrogen and oxygen atoms in total. The van der Waals surface area contributed by atoms with Gasteiger partial charge in [0.1, 0.15) is 0 Å². The third-order valence-corrected chi connectivity index (χ3v) is 6.73. The molecule has 3 heteroatoms. The third-order valence-electron chi connectivity index (χ3n) is 6.73. The molecular formula is C27H28N2O. The van der Waals surface area contributed by atoms with Gasteiger partial charge in [0.2, 0.25) is 0 Å². The van der Waals surface area contributed by atoms with Gasteiger partial charge in [-0.3, -0.25) is 4.79 Å². The quantitative estimate of drug-likeness (QED) is 0.406. The summed E-state index contributed by atoms with van der Waals surface area (Å²) < 4.78 is 2.30. The highest BCUT2D eigenvalue weighted by atomic mass is 16.1. The van der Waals surface area contributed by atoms with Crippen LogP contribution in [0, 0.1) is 6.92 Å². The number of rotatable bonds is 4. The normalized spacial score (nSPS) is 17.6. The van der Waals surface area contributed by atoms with Crippen LogP contribution < -0.4 is 0 Å². The van der Waals surface area contributed by atoms with Gasteiger partial charge in [0, 0.05) is 40.8 Å². The molecule has 1 aliphatic heterocycles. The Morgan fingerprint density at radius 2 is 1.73 bits per heavy atom. The number of hydrogen-bond donors (Lipinski definition) is 0. The number of piperidine rings is 1. The molecular weight excluding hydrogens is 368 g/mol. The van der Waals surface area contributed by atoms with Crippen LogP contribution in [0.1, 0.15) is 40.7 Å². The van der Waals surface area contributed by atoms with Crippen molar-refractivity contribution in [2.24, 2.45) is 0 Å². The van der Waals surface area contributed by atoms with Crippen molar-refractivity contribution in [1.82, 2.24) is 9.47 Å². The van der Waals surface area contributed by atoms with E-state index in [1.54, 1.807) is 0 Å². The van der Waals surface area contributed by atoms with Gasteiger partial charge in [-0.25, -0.2) is 0 Å². The van der Waals surface area contributed by atoms with E-state index in [0.29, 0.717) is 6.04 Å². The minimum absolute atomic E-state index is 0.122. The van der Waals surface area contributed by atoms with E-state index in [9.17, 15) is 4.79 Å². The van der Waals surface area contributed by atoms with E-state index >= 15 is 0 Å². The second-order valence-electron chi connectivity index (χ2n) is 8.65. The molecule has 4 aromatic rings. The maximum atomic E-state index is 13.8. The van der Waals surface area contributed by atoms with Crippen molar-refractivity contribution in [1.29, 1.82) is 0 Å². The predicted molar refractivity (Wildman–Crippen MR) is 124 cm³/mol. The van der Waals surface area contributed by atoms with Crippen molar-refractivity contribution in [2.45, 2.75) is 38.8 Å². The van der Waals surface area contributed by atoms with Crippen LogP contribution in [0.3, 0.4) is 0 Å². The van der Waals surface area contributed by atoms with Crippen molar-refractivity contribution in [3.05, 3.63) is 83.6 Å². The van der Waals surface area contributed by atoms with Crippen molar-refractivity contribution >= 4 is 27.5 Å². The minimum atomic E-state index is 0.122.